The number of esters is 1. The van der Waals surface area contributed by atoms with Gasteiger partial charge in [-0.1, -0.05) is 40.5 Å². The van der Waals surface area contributed by atoms with Crippen molar-refractivity contribution in [2.45, 2.75) is 78.7 Å². The second kappa shape index (κ2) is 9.68. The average molecular weight is 228 g/mol. The second-order valence-electron chi connectivity index (χ2n) is 4.98. The molecule has 1 atom stereocenters. The first kappa shape index (κ1) is 15.5. The van der Waals surface area contributed by atoms with Crippen LogP contribution in [0.25, 0.3) is 0 Å². The highest BCUT2D eigenvalue weighted by Gasteiger charge is 2.13. The average Bonchev–Trinajstić information content (AvgIpc) is 2.23. The van der Waals surface area contributed by atoms with Crippen LogP contribution in [0.15, 0.2) is 0 Å². The van der Waals surface area contributed by atoms with Gasteiger partial charge in [-0.2, -0.15) is 0 Å². The van der Waals surface area contributed by atoms with E-state index in [0.717, 1.165) is 38.5 Å². The van der Waals surface area contributed by atoms with Gasteiger partial charge < -0.3 is 4.74 Å². The van der Waals surface area contributed by atoms with Gasteiger partial charge in [-0.3, -0.25) is 4.79 Å². The van der Waals surface area contributed by atoms with Crippen molar-refractivity contribution in [2.75, 3.05) is 0 Å². The molecule has 0 N–H and O–H groups in total. The van der Waals surface area contributed by atoms with Crippen molar-refractivity contribution < 1.29 is 9.53 Å². The first-order valence-electron chi connectivity index (χ1n) is 6.79. The van der Waals surface area contributed by atoms with E-state index in [1.165, 1.54) is 0 Å². The first-order valence-corrected chi connectivity index (χ1v) is 6.79. The molecule has 0 aliphatic heterocycles. The largest absolute Gasteiger partial charge is 0.462 e. The summed E-state index contributed by atoms with van der Waals surface area (Å²) in [6.07, 6.45) is 6.99. The summed E-state index contributed by atoms with van der Waals surface area (Å²) < 4.78 is 5.50. The minimum absolute atomic E-state index is 0.0101. The van der Waals surface area contributed by atoms with Gasteiger partial charge in [-0.25, -0.2) is 0 Å². The minimum Gasteiger partial charge on any atom is -0.462 e. The zero-order chi connectivity index (χ0) is 12.4. The fourth-order valence-electron chi connectivity index (χ4n) is 1.67. The molecule has 0 aliphatic rings. The SMILES string of the molecule is CCCCC(=O)OC(CCC)CCC(C)C. The Morgan fingerprint density at radius 2 is 1.75 bits per heavy atom. The summed E-state index contributed by atoms with van der Waals surface area (Å²) in [6, 6.07) is 0. The second-order valence-corrected chi connectivity index (χ2v) is 4.98. The Morgan fingerprint density at radius 3 is 2.25 bits per heavy atom. The predicted octanol–water partition coefficient (Wildman–Crippen LogP) is 4.32. The molecule has 0 rings (SSSR count). The molecule has 0 heterocycles. The molecule has 0 aromatic rings. The maximum Gasteiger partial charge on any atom is 0.306 e. The van der Waals surface area contributed by atoms with Crippen molar-refractivity contribution in [3.05, 3.63) is 0 Å². The molecule has 0 fully saturated rings. The van der Waals surface area contributed by atoms with E-state index in [1.807, 2.05) is 0 Å². The van der Waals surface area contributed by atoms with Crippen LogP contribution < -0.4 is 0 Å². The van der Waals surface area contributed by atoms with Crippen molar-refractivity contribution in [2.24, 2.45) is 5.92 Å². The number of carbonyl (C=O) groups excluding carboxylic acids is 1. The van der Waals surface area contributed by atoms with Crippen LogP contribution in [0.4, 0.5) is 0 Å². The molecule has 2 heteroatoms. The third kappa shape index (κ3) is 8.75. The number of hydrogen-bond donors (Lipinski definition) is 0. The Labute approximate surface area is 101 Å². The highest BCUT2D eigenvalue weighted by atomic mass is 16.5. The highest BCUT2D eigenvalue weighted by molar-refractivity contribution is 5.69. The van der Waals surface area contributed by atoms with E-state index >= 15 is 0 Å². The molecular formula is C14H28O2. The van der Waals surface area contributed by atoms with Crippen LogP contribution in [0, 0.1) is 5.92 Å². The zero-order valence-electron chi connectivity index (χ0n) is 11.4. The minimum atomic E-state index is -0.0101. The molecule has 0 radical (unpaired) electrons. The molecular weight excluding hydrogens is 200 g/mol. The molecule has 16 heavy (non-hydrogen) atoms. The van der Waals surface area contributed by atoms with E-state index in [0.29, 0.717) is 12.3 Å². The van der Waals surface area contributed by atoms with Crippen molar-refractivity contribution in [3.63, 3.8) is 0 Å². The van der Waals surface area contributed by atoms with E-state index in [2.05, 4.69) is 27.7 Å². The van der Waals surface area contributed by atoms with Crippen molar-refractivity contribution in [3.8, 4) is 0 Å². The van der Waals surface area contributed by atoms with Gasteiger partial charge in [-0.15, -0.1) is 0 Å². The van der Waals surface area contributed by atoms with E-state index < -0.39 is 0 Å². The van der Waals surface area contributed by atoms with Crippen molar-refractivity contribution in [1.82, 2.24) is 0 Å². The Morgan fingerprint density at radius 1 is 1.06 bits per heavy atom. The number of unbranched alkanes of at least 4 members (excludes halogenated alkanes) is 1. The molecule has 0 amide bonds. The Hall–Kier alpha value is -0.530. The lowest BCUT2D eigenvalue weighted by Crippen LogP contribution is -2.18. The topological polar surface area (TPSA) is 26.3 Å². The van der Waals surface area contributed by atoms with Gasteiger partial charge in [0, 0.05) is 6.42 Å². The number of carbonyl (C=O) groups is 1. The summed E-state index contributed by atoms with van der Waals surface area (Å²) in [4.78, 5) is 11.5. The molecule has 0 aromatic carbocycles. The maximum absolute atomic E-state index is 11.5. The summed E-state index contributed by atoms with van der Waals surface area (Å²) in [6.45, 7) is 8.65. The number of hydrogen-bond acceptors (Lipinski definition) is 2. The lowest BCUT2D eigenvalue weighted by atomic mass is 10.0. The molecule has 0 saturated heterocycles. The smallest absolute Gasteiger partial charge is 0.306 e. The Kier molecular flexibility index (Phi) is 9.36. The summed E-state index contributed by atoms with van der Waals surface area (Å²) >= 11 is 0. The van der Waals surface area contributed by atoms with Crippen molar-refractivity contribution >= 4 is 5.97 Å². The fraction of sp³-hybridized carbons (Fsp3) is 0.929. The molecule has 96 valence electrons. The molecule has 1 unspecified atom stereocenters. The van der Waals surface area contributed by atoms with Crippen LogP contribution in [-0.2, 0) is 9.53 Å². The van der Waals surface area contributed by atoms with Gasteiger partial charge in [-0.05, 0) is 31.6 Å². The molecule has 0 aliphatic carbocycles. The molecule has 0 spiro atoms. The highest BCUT2D eigenvalue weighted by Crippen LogP contribution is 2.15. The zero-order valence-corrected chi connectivity index (χ0v) is 11.4. The van der Waals surface area contributed by atoms with E-state index in [9.17, 15) is 4.79 Å². The maximum atomic E-state index is 11.5. The molecule has 2 nitrogen and oxygen atoms in total. The van der Waals surface area contributed by atoms with Gasteiger partial charge in [0.25, 0.3) is 0 Å². The van der Waals surface area contributed by atoms with E-state index in [1.54, 1.807) is 0 Å². The van der Waals surface area contributed by atoms with Crippen molar-refractivity contribution in [1.29, 1.82) is 0 Å². The lowest BCUT2D eigenvalue weighted by Gasteiger charge is -2.18. The van der Waals surface area contributed by atoms with Gasteiger partial charge in [0.1, 0.15) is 6.10 Å². The number of ether oxygens (including phenoxy) is 1. The van der Waals surface area contributed by atoms with Crippen LogP contribution in [0.5, 0.6) is 0 Å². The molecule has 0 saturated carbocycles. The lowest BCUT2D eigenvalue weighted by molar-refractivity contribution is -0.150. The molecule has 0 bridgehead atoms. The third-order valence-electron chi connectivity index (χ3n) is 2.71. The standard InChI is InChI=1S/C14H28O2/c1-5-7-9-14(15)16-13(8-6-2)11-10-12(3)4/h12-13H,5-11H2,1-4H3. The summed E-state index contributed by atoms with van der Waals surface area (Å²) in [5, 5.41) is 0. The van der Waals surface area contributed by atoms with Gasteiger partial charge >= 0.3 is 5.97 Å². The normalized spacial score (nSPS) is 12.8. The van der Waals surface area contributed by atoms with Gasteiger partial charge in [0.05, 0.1) is 0 Å². The van der Waals surface area contributed by atoms with Gasteiger partial charge in [0.15, 0.2) is 0 Å². The van der Waals surface area contributed by atoms with E-state index in [-0.39, 0.29) is 12.1 Å². The number of rotatable bonds is 9. The summed E-state index contributed by atoms with van der Waals surface area (Å²) in [5.41, 5.74) is 0. The Balaban J connectivity index is 3.86. The van der Waals surface area contributed by atoms with Crippen LogP contribution in [-0.4, -0.2) is 12.1 Å². The third-order valence-corrected chi connectivity index (χ3v) is 2.71. The predicted molar refractivity (Wildman–Crippen MR) is 68.4 cm³/mol. The Bertz CT molecular complexity index is 176. The summed E-state index contributed by atoms with van der Waals surface area (Å²) in [5.74, 6) is 0.678. The fourth-order valence-corrected chi connectivity index (χ4v) is 1.67. The monoisotopic (exact) mass is 228 g/mol. The van der Waals surface area contributed by atoms with Gasteiger partial charge in [0.2, 0.25) is 0 Å². The molecule has 0 aromatic heterocycles. The van der Waals surface area contributed by atoms with Crippen LogP contribution in [0.3, 0.4) is 0 Å². The van der Waals surface area contributed by atoms with Crippen LogP contribution >= 0.6 is 0 Å². The van der Waals surface area contributed by atoms with Crippen LogP contribution in [0.1, 0.15) is 72.6 Å². The summed E-state index contributed by atoms with van der Waals surface area (Å²) in [7, 11) is 0. The van der Waals surface area contributed by atoms with Crippen LogP contribution in [0.2, 0.25) is 0 Å². The van der Waals surface area contributed by atoms with E-state index in [4.69, 9.17) is 4.74 Å². The quantitative estimate of drug-likeness (QED) is 0.549. The first-order chi connectivity index (χ1) is 7.60.